The Kier molecular flexibility index (Phi) is 27.8. The number of carboxylic acids is 1. The molecule has 0 aliphatic heterocycles. The molecule has 0 saturated carbocycles. The number of amides is 1. The largest absolute Gasteiger partial charge is 0.478 e. The second-order valence-corrected chi connectivity index (χ2v) is 21.4. The number of nitrogens with zero attached hydrogens (tertiary/aromatic N) is 5. The molecular formula is C67H76Cl3N5O14. The molecule has 0 spiro atoms. The Morgan fingerprint density at radius 2 is 0.854 bits per heavy atom. The van der Waals surface area contributed by atoms with Gasteiger partial charge in [-0.2, -0.15) is 0 Å². The number of hydrogen-bond acceptors (Lipinski definition) is 13. The minimum atomic E-state index is -0.933. The first-order chi connectivity index (χ1) is 42.9. The van der Waals surface area contributed by atoms with Gasteiger partial charge in [0, 0.05) is 140 Å². The zero-order valence-electron chi connectivity index (χ0n) is 51.5. The van der Waals surface area contributed by atoms with Crippen molar-refractivity contribution < 1.29 is 67.1 Å². The molecule has 0 atom stereocenters. The first kappa shape index (κ1) is 70.1. The lowest BCUT2D eigenvalue weighted by Crippen LogP contribution is -2.25. The summed E-state index contributed by atoms with van der Waals surface area (Å²) in [4.78, 5) is 62.2. The van der Waals surface area contributed by atoms with Gasteiger partial charge in [-0.15, -0.1) is 0 Å². The monoisotopic (exact) mass is 1280 g/mol. The fraction of sp³-hybridized carbons (Fsp3) is 0.328. The molecule has 4 heterocycles. The number of rotatable bonds is 22. The molecule has 1 N–H and O–H groups in total. The van der Waals surface area contributed by atoms with E-state index in [1.165, 1.54) is 44.6 Å². The SMILES string of the molecule is COC(=O)c1ccc2c(c1)CC=C2.COCCCn1cc(Cl)c2ccc(C(=O)N(C)OC)cc21.COCCCn1cc(Cl)c2ccc(C(=O)O)cc21.COCCCn1cc(Cl)c2ccc(C(=O)OC)cc21.COCCCn1ccc2ccc(C(=O)OC)cc21. The van der Waals surface area contributed by atoms with Gasteiger partial charge in [0.25, 0.3) is 5.91 Å². The lowest BCUT2D eigenvalue weighted by molar-refractivity contribution is -0.0756. The molecule has 89 heavy (non-hydrogen) atoms. The van der Waals surface area contributed by atoms with Gasteiger partial charge in [0.05, 0.1) is 82.3 Å². The van der Waals surface area contributed by atoms with E-state index in [0.717, 1.165) is 109 Å². The van der Waals surface area contributed by atoms with Crippen molar-refractivity contribution in [3.8, 4) is 0 Å². The van der Waals surface area contributed by atoms with E-state index in [4.69, 9.17) is 73.2 Å². The third-order valence-electron chi connectivity index (χ3n) is 14.4. The van der Waals surface area contributed by atoms with E-state index in [0.29, 0.717) is 57.1 Å². The molecule has 19 nitrogen and oxygen atoms in total. The van der Waals surface area contributed by atoms with Crippen molar-refractivity contribution in [3.05, 3.63) is 182 Å². The van der Waals surface area contributed by atoms with E-state index >= 15 is 0 Å². The van der Waals surface area contributed by atoms with E-state index < -0.39 is 5.97 Å². The molecule has 9 aromatic rings. The summed E-state index contributed by atoms with van der Waals surface area (Å²) in [6.07, 6.45) is 16.3. The van der Waals surface area contributed by atoms with Gasteiger partial charge < -0.3 is 56.5 Å². The minimum Gasteiger partial charge on any atom is -0.478 e. The van der Waals surface area contributed by atoms with Crippen LogP contribution in [0.1, 0.15) is 88.6 Å². The number of carbonyl (C=O) groups excluding carboxylic acids is 4. The van der Waals surface area contributed by atoms with Crippen molar-refractivity contribution in [1.29, 1.82) is 0 Å². The smallest absolute Gasteiger partial charge is 0.337 e. The lowest BCUT2D eigenvalue weighted by atomic mass is 10.1. The van der Waals surface area contributed by atoms with Crippen LogP contribution < -0.4 is 0 Å². The third-order valence-corrected chi connectivity index (χ3v) is 15.3. The predicted molar refractivity (Wildman–Crippen MR) is 348 cm³/mol. The Balaban J connectivity index is 0.000000178. The van der Waals surface area contributed by atoms with Crippen LogP contribution >= 0.6 is 34.8 Å². The molecule has 0 fully saturated rings. The molecular weight excluding hydrogens is 1210 g/mol. The van der Waals surface area contributed by atoms with Crippen LogP contribution in [0.3, 0.4) is 0 Å². The molecule has 5 aromatic carbocycles. The molecule has 1 aliphatic rings. The summed E-state index contributed by atoms with van der Waals surface area (Å²) in [5.74, 6) is -2.04. The number of carboxylic acid groups (broad SMARTS) is 1. The fourth-order valence-corrected chi connectivity index (χ4v) is 10.5. The summed E-state index contributed by atoms with van der Waals surface area (Å²) in [7, 11) is 13.9. The van der Waals surface area contributed by atoms with Crippen molar-refractivity contribution in [1.82, 2.24) is 23.3 Å². The molecule has 22 heteroatoms. The number of allylic oxidation sites excluding steroid dienone is 1. The van der Waals surface area contributed by atoms with Crippen LogP contribution in [0.4, 0.5) is 0 Å². The van der Waals surface area contributed by atoms with Gasteiger partial charge in [-0.25, -0.2) is 24.2 Å². The molecule has 0 radical (unpaired) electrons. The molecule has 1 aliphatic carbocycles. The maximum atomic E-state index is 12.1. The number of hydrogen-bond donors (Lipinski definition) is 1. The Morgan fingerprint density at radius 1 is 0.472 bits per heavy atom. The number of carbonyl (C=O) groups is 5. The summed E-state index contributed by atoms with van der Waals surface area (Å²) >= 11 is 18.6. The fourth-order valence-electron chi connectivity index (χ4n) is 9.72. The molecule has 4 aromatic heterocycles. The highest BCUT2D eigenvalue weighted by Gasteiger charge is 2.17. The molecule has 0 unspecified atom stereocenters. The molecule has 0 saturated heterocycles. The van der Waals surface area contributed by atoms with Crippen molar-refractivity contribution in [2.45, 2.75) is 58.3 Å². The van der Waals surface area contributed by atoms with Crippen molar-refractivity contribution >= 4 is 114 Å². The first-order valence-corrected chi connectivity index (χ1v) is 29.6. The molecule has 10 rings (SSSR count). The standard InChI is InChI=1S/C15H19ClN2O3.C14H16ClNO3.C14H17NO3.C13H14ClNO3.C11H10O2/c1-17(21-3)15(19)11-5-6-12-13(16)10-18(14(12)9-11)7-4-8-20-2;1-18-7-3-6-16-9-12(15)11-5-4-10(8-13(11)16)14(17)19-2;1-17-9-3-7-15-8-6-11-4-5-12(10-13(11)15)14(16)18-2;1-18-6-2-5-15-8-11(14)10-4-3-9(13(16)17)7-12(10)15;1-13-11(12)10-6-5-8-3-2-4-9(8)7-10/h5-6,9-10H,4,7-8H2,1-3H3;4-5,8-9H,3,6-7H2,1-2H3;4-6,8,10H,3,7,9H2,1-2H3;3-4,7-8H,2,5-6H2,1H3,(H,16,17);2-3,5-7H,4H2,1H3. The Hall–Kier alpha value is -7.98. The van der Waals surface area contributed by atoms with E-state index in [-0.39, 0.29) is 29.4 Å². The lowest BCUT2D eigenvalue weighted by Gasteiger charge is -2.14. The summed E-state index contributed by atoms with van der Waals surface area (Å²) < 4.78 is 42.4. The highest BCUT2D eigenvalue weighted by molar-refractivity contribution is 6.36. The second kappa shape index (κ2) is 35.3. The number of aryl methyl sites for hydroxylation is 4. The summed E-state index contributed by atoms with van der Waals surface area (Å²) in [5, 5.41) is 16.1. The van der Waals surface area contributed by atoms with E-state index in [2.05, 4.69) is 21.5 Å². The van der Waals surface area contributed by atoms with Crippen LogP contribution in [0.25, 0.3) is 49.7 Å². The van der Waals surface area contributed by atoms with Crippen LogP contribution in [0.15, 0.2) is 128 Å². The number of aromatic carboxylic acids is 1. The number of fused-ring (bicyclic) bond motifs is 5. The molecule has 0 bridgehead atoms. The van der Waals surface area contributed by atoms with Gasteiger partial charge in [0.1, 0.15) is 0 Å². The number of aromatic nitrogens is 4. The van der Waals surface area contributed by atoms with Crippen LogP contribution in [0.2, 0.25) is 15.1 Å². The summed E-state index contributed by atoms with van der Waals surface area (Å²) in [6.45, 7) is 5.97. The first-order valence-electron chi connectivity index (χ1n) is 28.5. The van der Waals surface area contributed by atoms with Crippen LogP contribution in [0, 0.1) is 0 Å². The van der Waals surface area contributed by atoms with Gasteiger partial charge in [-0.05, 0) is 115 Å². The average Bonchev–Trinajstić information content (AvgIpc) is 1.94. The van der Waals surface area contributed by atoms with Crippen LogP contribution in [-0.2, 0) is 70.6 Å². The van der Waals surface area contributed by atoms with E-state index in [1.54, 1.807) is 84.0 Å². The van der Waals surface area contributed by atoms with Crippen LogP contribution in [0.5, 0.6) is 0 Å². The topological polar surface area (TPSA) is 202 Å². The molecule has 1 amide bonds. The highest BCUT2D eigenvalue weighted by atomic mass is 35.5. The van der Waals surface area contributed by atoms with E-state index in [9.17, 15) is 24.0 Å². The van der Waals surface area contributed by atoms with Gasteiger partial charge in [-0.1, -0.05) is 77.3 Å². The highest BCUT2D eigenvalue weighted by Crippen LogP contribution is 2.30. The van der Waals surface area contributed by atoms with Crippen molar-refractivity contribution in [2.75, 3.05) is 90.4 Å². The average molecular weight is 1280 g/mol. The van der Waals surface area contributed by atoms with Crippen molar-refractivity contribution in [2.24, 2.45) is 0 Å². The quantitative estimate of drug-likeness (QED) is 0.0290. The number of methoxy groups -OCH3 is 7. The maximum absolute atomic E-state index is 12.1. The number of ether oxygens (including phenoxy) is 7. The van der Waals surface area contributed by atoms with Gasteiger partial charge in [0.15, 0.2) is 0 Å². The predicted octanol–water partition coefficient (Wildman–Crippen LogP) is 13.6. The van der Waals surface area contributed by atoms with Crippen molar-refractivity contribution in [3.63, 3.8) is 0 Å². The Bertz CT molecular complexity index is 3880. The van der Waals surface area contributed by atoms with Crippen LogP contribution in [-0.4, -0.2) is 149 Å². The molecule has 474 valence electrons. The Labute approximate surface area is 532 Å². The second-order valence-electron chi connectivity index (χ2n) is 20.2. The van der Waals surface area contributed by atoms with Gasteiger partial charge >= 0.3 is 23.9 Å². The zero-order valence-corrected chi connectivity index (χ0v) is 53.8. The normalized spacial score (nSPS) is 11.2. The maximum Gasteiger partial charge on any atom is 0.337 e. The minimum absolute atomic E-state index is 0.194. The number of hydroxylamine groups is 2. The van der Waals surface area contributed by atoms with Gasteiger partial charge in [-0.3, -0.25) is 9.63 Å². The number of benzene rings is 5. The third kappa shape index (κ3) is 19.0. The Morgan fingerprint density at radius 3 is 1.29 bits per heavy atom. The van der Waals surface area contributed by atoms with Gasteiger partial charge in [0.2, 0.25) is 0 Å². The number of esters is 3. The summed E-state index contributed by atoms with van der Waals surface area (Å²) in [5.41, 5.74) is 8.73. The number of halogens is 3. The summed E-state index contributed by atoms with van der Waals surface area (Å²) in [6, 6.07) is 29.1. The zero-order chi connectivity index (χ0) is 64.6. The van der Waals surface area contributed by atoms with E-state index in [1.807, 2.05) is 87.0 Å².